The molecular weight excluding hydrogens is 164 g/mol. The Morgan fingerprint density at radius 2 is 2.00 bits per heavy atom. The highest BCUT2D eigenvalue weighted by Gasteiger charge is 2.12. The average molecular weight is 180 g/mol. The van der Waals surface area contributed by atoms with E-state index in [1.54, 1.807) is 6.07 Å². The molecule has 1 aromatic heterocycles. The SMILES string of the molecule is CCC(CC)c1ccc(C(C)=O)o1. The molecule has 0 atom stereocenters. The molecule has 0 aliphatic rings. The number of furan rings is 1. The van der Waals surface area contributed by atoms with Crippen molar-refractivity contribution < 1.29 is 9.21 Å². The Labute approximate surface area is 78.9 Å². The number of ketones is 1. The van der Waals surface area contributed by atoms with E-state index in [-0.39, 0.29) is 5.78 Å². The van der Waals surface area contributed by atoms with E-state index >= 15 is 0 Å². The molecule has 0 bridgehead atoms. The van der Waals surface area contributed by atoms with Gasteiger partial charge in [-0.05, 0) is 25.0 Å². The molecule has 0 radical (unpaired) electrons. The van der Waals surface area contributed by atoms with Crippen LogP contribution in [0.5, 0.6) is 0 Å². The Bertz CT molecular complexity index is 282. The second-order valence-corrected chi connectivity index (χ2v) is 3.27. The minimum absolute atomic E-state index is 0.00259. The summed E-state index contributed by atoms with van der Waals surface area (Å²) in [5, 5.41) is 0. The van der Waals surface area contributed by atoms with Gasteiger partial charge in [0, 0.05) is 12.8 Å². The molecule has 0 fully saturated rings. The summed E-state index contributed by atoms with van der Waals surface area (Å²) >= 11 is 0. The first-order valence-corrected chi connectivity index (χ1v) is 4.79. The van der Waals surface area contributed by atoms with Gasteiger partial charge in [-0.3, -0.25) is 4.79 Å². The monoisotopic (exact) mass is 180 g/mol. The molecule has 1 aromatic rings. The number of carbonyl (C=O) groups excluding carboxylic acids is 1. The zero-order chi connectivity index (χ0) is 9.84. The zero-order valence-electron chi connectivity index (χ0n) is 8.46. The molecule has 2 heteroatoms. The van der Waals surface area contributed by atoms with Crippen molar-refractivity contribution in [3.8, 4) is 0 Å². The second-order valence-electron chi connectivity index (χ2n) is 3.27. The molecule has 0 saturated carbocycles. The molecule has 0 saturated heterocycles. The van der Waals surface area contributed by atoms with E-state index in [0.717, 1.165) is 18.6 Å². The van der Waals surface area contributed by atoms with Crippen LogP contribution in [0.15, 0.2) is 16.5 Å². The van der Waals surface area contributed by atoms with Gasteiger partial charge >= 0.3 is 0 Å². The number of rotatable bonds is 4. The first-order valence-electron chi connectivity index (χ1n) is 4.79. The van der Waals surface area contributed by atoms with Crippen molar-refractivity contribution in [2.45, 2.75) is 39.5 Å². The van der Waals surface area contributed by atoms with Gasteiger partial charge in [-0.25, -0.2) is 0 Å². The quantitative estimate of drug-likeness (QED) is 0.665. The molecular formula is C11H16O2. The molecule has 0 N–H and O–H groups in total. The second kappa shape index (κ2) is 4.26. The van der Waals surface area contributed by atoms with Crippen LogP contribution in [0.2, 0.25) is 0 Å². The van der Waals surface area contributed by atoms with Crippen molar-refractivity contribution in [2.24, 2.45) is 0 Å². The lowest BCUT2D eigenvalue weighted by Gasteiger charge is -2.07. The van der Waals surface area contributed by atoms with Gasteiger partial charge in [0.25, 0.3) is 0 Å². The van der Waals surface area contributed by atoms with Gasteiger partial charge in [0.1, 0.15) is 5.76 Å². The smallest absolute Gasteiger partial charge is 0.194 e. The predicted molar refractivity (Wildman–Crippen MR) is 52.0 cm³/mol. The van der Waals surface area contributed by atoms with Gasteiger partial charge in [0.2, 0.25) is 0 Å². The van der Waals surface area contributed by atoms with Gasteiger partial charge in [0.15, 0.2) is 11.5 Å². The Morgan fingerprint density at radius 3 is 2.38 bits per heavy atom. The Kier molecular flexibility index (Phi) is 3.29. The molecule has 0 spiro atoms. The predicted octanol–water partition coefficient (Wildman–Crippen LogP) is 3.39. The fourth-order valence-electron chi connectivity index (χ4n) is 1.45. The summed E-state index contributed by atoms with van der Waals surface area (Å²) in [4.78, 5) is 11.0. The van der Waals surface area contributed by atoms with Crippen molar-refractivity contribution in [3.05, 3.63) is 23.7 Å². The summed E-state index contributed by atoms with van der Waals surface area (Å²) in [5.74, 6) is 1.86. The van der Waals surface area contributed by atoms with Crippen LogP contribution in [-0.4, -0.2) is 5.78 Å². The third-order valence-corrected chi connectivity index (χ3v) is 2.36. The maximum absolute atomic E-state index is 11.0. The fraction of sp³-hybridized carbons (Fsp3) is 0.545. The van der Waals surface area contributed by atoms with Crippen LogP contribution in [0.25, 0.3) is 0 Å². The topological polar surface area (TPSA) is 30.2 Å². The standard InChI is InChI=1S/C11H16O2/c1-4-9(5-2)11-7-6-10(13-11)8(3)12/h6-7,9H,4-5H2,1-3H3. The Morgan fingerprint density at radius 1 is 1.38 bits per heavy atom. The van der Waals surface area contributed by atoms with Crippen molar-refractivity contribution in [1.82, 2.24) is 0 Å². The molecule has 1 rings (SSSR count). The first kappa shape index (κ1) is 10.0. The van der Waals surface area contributed by atoms with Crippen molar-refractivity contribution in [1.29, 1.82) is 0 Å². The van der Waals surface area contributed by atoms with Gasteiger partial charge < -0.3 is 4.42 Å². The summed E-state index contributed by atoms with van der Waals surface area (Å²) in [5.41, 5.74) is 0. The van der Waals surface area contributed by atoms with Gasteiger partial charge in [0.05, 0.1) is 0 Å². The summed E-state index contributed by atoms with van der Waals surface area (Å²) in [6.07, 6.45) is 2.11. The largest absolute Gasteiger partial charge is 0.458 e. The fourth-order valence-corrected chi connectivity index (χ4v) is 1.45. The van der Waals surface area contributed by atoms with E-state index in [0.29, 0.717) is 11.7 Å². The highest BCUT2D eigenvalue weighted by molar-refractivity contribution is 5.91. The number of hydrogen-bond donors (Lipinski definition) is 0. The first-order chi connectivity index (χ1) is 6.19. The number of carbonyl (C=O) groups is 1. The molecule has 0 amide bonds. The highest BCUT2D eigenvalue weighted by Crippen LogP contribution is 2.24. The van der Waals surface area contributed by atoms with Crippen LogP contribution < -0.4 is 0 Å². The summed E-state index contributed by atoms with van der Waals surface area (Å²) < 4.78 is 5.44. The van der Waals surface area contributed by atoms with E-state index in [1.165, 1.54) is 6.92 Å². The van der Waals surface area contributed by atoms with E-state index in [4.69, 9.17) is 4.42 Å². The lowest BCUT2D eigenvalue weighted by molar-refractivity contribution is 0.0984. The normalized spacial score (nSPS) is 10.8. The van der Waals surface area contributed by atoms with Crippen LogP contribution in [0.4, 0.5) is 0 Å². The maximum Gasteiger partial charge on any atom is 0.194 e. The van der Waals surface area contributed by atoms with Crippen LogP contribution in [0.3, 0.4) is 0 Å². The van der Waals surface area contributed by atoms with Crippen molar-refractivity contribution >= 4 is 5.78 Å². The molecule has 2 nitrogen and oxygen atoms in total. The number of hydrogen-bond acceptors (Lipinski definition) is 2. The van der Waals surface area contributed by atoms with Crippen LogP contribution in [0.1, 0.15) is 55.8 Å². The van der Waals surface area contributed by atoms with E-state index in [9.17, 15) is 4.79 Å². The summed E-state index contributed by atoms with van der Waals surface area (Å²) in [6, 6.07) is 3.67. The number of Topliss-reactive ketones (excluding diaryl/α,β-unsaturated/α-hetero) is 1. The minimum atomic E-state index is -0.00259. The van der Waals surface area contributed by atoms with Crippen molar-refractivity contribution in [3.63, 3.8) is 0 Å². The minimum Gasteiger partial charge on any atom is -0.458 e. The molecule has 13 heavy (non-hydrogen) atoms. The molecule has 1 heterocycles. The third kappa shape index (κ3) is 2.20. The van der Waals surface area contributed by atoms with Gasteiger partial charge in [-0.15, -0.1) is 0 Å². The summed E-state index contributed by atoms with van der Waals surface area (Å²) in [6.45, 7) is 5.78. The van der Waals surface area contributed by atoms with Crippen LogP contribution in [-0.2, 0) is 0 Å². The molecule has 72 valence electrons. The zero-order valence-corrected chi connectivity index (χ0v) is 8.46. The average Bonchev–Trinajstić information content (AvgIpc) is 2.56. The van der Waals surface area contributed by atoms with Crippen LogP contribution in [0, 0.1) is 0 Å². The molecule has 0 unspecified atom stereocenters. The lowest BCUT2D eigenvalue weighted by atomic mass is 10.0. The van der Waals surface area contributed by atoms with E-state index < -0.39 is 0 Å². The molecule has 0 aliphatic carbocycles. The van der Waals surface area contributed by atoms with Gasteiger partial charge in [-0.1, -0.05) is 13.8 Å². The molecule has 0 aliphatic heterocycles. The van der Waals surface area contributed by atoms with E-state index in [2.05, 4.69) is 13.8 Å². The third-order valence-electron chi connectivity index (χ3n) is 2.36. The molecule has 0 aromatic carbocycles. The lowest BCUT2D eigenvalue weighted by Crippen LogP contribution is -1.93. The van der Waals surface area contributed by atoms with Crippen LogP contribution >= 0.6 is 0 Å². The Balaban J connectivity index is 2.84. The van der Waals surface area contributed by atoms with Gasteiger partial charge in [-0.2, -0.15) is 0 Å². The summed E-state index contributed by atoms with van der Waals surface area (Å²) in [7, 11) is 0. The highest BCUT2D eigenvalue weighted by atomic mass is 16.3. The van der Waals surface area contributed by atoms with Crippen molar-refractivity contribution in [2.75, 3.05) is 0 Å². The Hall–Kier alpha value is -1.05. The maximum atomic E-state index is 11.0. The van der Waals surface area contributed by atoms with E-state index in [1.807, 2.05) is 6.07 Å².